The van der Waals surface area contributed by atoms with E-state index in [9.17, 15) is 14.4 Å². The molecule has 0 atom stereocenters. The normalized spacial score (nSPS) is 10.6. The molecule has 0 fully saturated rings. The van der Waals surface area contributed by atoms with E-state index in [-0.39, 0.29) is 22.9 Å². The fourth-order valence-electron chi connectivity index (χ4n) is 2.26. The first-order chi connectivity index (χ1) is 12.8. The topological polar surface area (TPSA) is 72.5 Å². The average Bonchev–Trinajstić information content (AvgIpc) is 2.64. The molecule has 0 aliphatic carbocycles. The van der Waals surface area contributed by atoms with Gasteiger partial charge in [0, 0.05) is 10.6 Å². The molecule has 0 aromatic heterocycles. The van der Waals surface area contributed by atoms with E-state index in [0.29, 0.717) is 16.5 Å². The molecule has 5 nitrogen and oxygen atoms in total. The Morgan fingerprint density at radius 2 is 1.70 bits per heavy atom. The number of benzene rings is 2. The predicted molar refractivity (Wildman–Crippen MR) is 105 cm³/mol. The summed E-state index contributed by atoms with van der Waals surface area (Å²) in [5.41, 5.74) is 1.77. The lowest BCUT2D eigenvalue weighted by atomic mass is 10.0. The lowest BCUT2D eigenvalue weighted by molar-refractivity contribution is -0.141. The summed E-state index contributed by atoms with van der Waals surface area (Å²) in [6, 6.07) is 11.6. The van der Waals surface area contributed by atoms with Crippen molar-refractivity contribution in [2.75, 3.05) is 13.2 Å². The number of carbonyl (C=O) groups excluding carboxylic acids is 3. The minimum absolute atomic E-state index is 0.174. The molecule has 27 heavy (non-hydrogen) atoms. The fourth-order valence-corrected chi connectivity index (χ4v) is 2.75. The molecule has 0 saturated carbocycles. The number of halogens is 2. The minimum Gasteiger partial charge on any atom is -0.456 e. The Balaban J connectivity index is 1.81. The van der Waals surface area contributed by atoms with E-state index >= 15 is 0 Å². The van der Waals surface area contributed by atoms with Crippen LogP contribution >= 0.6 is 23.2 Å². The molecule has 2 aromatic rings. The highest BCUT2D eigenvalue weighted by Crippen LogP contribution is 2.20. The van der Waals surface area contributed by atoms with Crippen molar-refractivity contribution >= 4 is 40.9 Å². The summed E-state index contributed by atoms with van der Waals surface area (Å²) in [4.78, 5) is 35.8. The SMILES string of the molecule is CC(C)c1ccc(C(=O)COC(=O)CNC(=O)c2ccc(Cl)cc2Cl)cc1. The van der Waals surface area contributed by atoms with Gasteiger partial charge in [0.05, 0.1) is 10.6 Å². The number of esters is 1. The van der Waals surface area contributed by atoms with E-state index < -0.39 is 18.5 Å². The van der Waals surface area contributed by atoms with Gasteiger partial charge in [0.1, 0.15) is 6.54 Å². The summed E-state index contributed by atoms with van der Waals surface area (Å²) in [6.45, 7) is 3.35. The molecule has 2 rings (SSSR count). The third-order valence-electron chi connectivity index (χ3n) is 3.83. The Labute approximate surface area is 167 Å². The molecule has 142 valence electrons. The van der Waals surface area contributed by atoms with Crippen molar-refractivity contribution in [1.82, 2.24) is 5.32 Å². The first-order valence-electron chi connectivity index (χ1n) is 8.30. The van der Waals surface area contributed by atoms with Crippen LogP contribution in [0.15, 0.2) is 42.5 Å². The molecule has 0 bridgehead atoms. The van der Waals surface area contributed by atoms with Gasteiger partial charge in [0.15, 0.2) is 12.4 Å². The second-order valence-electron chi connectivity index (χ2n) is 6.17. The van der Waals surface area contributed by atoms with Gasteiger partial charge in [-0.25, -0.2) is 0 Å². The van der Waals surface area contributed by atoms with Crippen LogP contribution in [0.25, 0.3) is 0 Å². The van der Waals surface area contributed by atoms with Crippen molar-refractivity contribution in [2.45, 2.75) is 19.8 Å². The number of ether oxygens (including phenoxy) is 1. The third-order valence-corrected chi connectivity index (χ3v) is 4.38. The van der Waals surface area contributed by atoms with E-state index in [0.717, 1.165) is 5.56 Å². The number of hydrogen-bond donors (Lipinski definition) is 1. The molecule has 0 spiro atoms. The van der Waals surface area contributed by atoms with Gasteiger partial charge in [-0.1, -0.05) is 61.3 Å². The zero-order valence-corrected chi connectivity index (χ0v) is 16.4. The van der Waals surface area contributed by atoms with E-state index in [1.54, 1.807) is 12.1 Å². The fraction of sp³-hybridized carbons (Fsp3) is 0.250. The molecule has 0 heterocycles. The van der Waals surface area contributed by atoms with Crippen molar-refractivity contribution in [3.8, 4) is 0 Å². The standard InChI is InChI=1S/C20H19Cl2NO4/c1-12(2)13-3-5-14(6-4-13)18(24)11-27-19(25)10-23-20(26)16-8-7-15(21)9-17(16)22/h3-9,12H,10-11H2,1-2H3,(H,23,26). The van der Waals surface area contributed by atoms with E-state index in [4.69, 9.17) is 27.9 Å². The smallest absolute Gasteiger partial charge is 0.325 e. The van der Waals surface area contributed by atoms with Gasteiger partial charge in [-0.3, -0.25) is 14.4 Å². The summed E-state index contributed by atoms with van der Waals surface area (Å²) in [5, 5.41) is 2.96. The van der Waals surface area contributed by atoms with Gasteiger partial charge >= 0.3 is 5.97 Å². The molecule has 2 aromatic carbocycles. The molecule has 0 aliphatic rings. The minimum atomic E-state index is -0.722. The number of rotatable bonds is 7. The second-order valence-corrected chi connectivity index (χ2v) is 7.01. The highest BCUT2D eigenvalue weighted by molar-refractivity contribution is 6.36. The quantitative estimate of drug-likeness (QED) is 0.549. The van der Waals surface area contributed by atoms with Crippen molar-refractivity contribution in [3.63, 3.8) is 0 Å². The Morgan fingerprint density at radius 3 is 2.30 bits per heavy atom. The van der Waals surface area contributed by atoms with Gasteiger partial charge in [-0.05, 0) is 29.7 Å². The van der Waals surface area contributed by atoms with Crippen molar-refractivity contribution in [3.05, 3.63) is 69.2 Å². The van der Waals surface area contributed by atoms with E-state index in [1.165, 1.54) is 18.2 Å². The summed E-state index contributed by atoms with van der Waals surface area (Å²) < 4.78 is 4.91. The predicted octanol–water partition coefficient (Wildman–Crippen LogP) is 4.27. The number of carbonyl (C=O) groups is 3. The van der Waals surface area contributed by atoms with E-state index in [2.05, 4.69) is 19.2 Å². The molecule has 0 radical (unpaired) electrons. The Kier molecular flexibility index (Phi) is 7.39. The van der Waals surface area contributed by atoms with Crippen molar-refractivity contribution in [1.29, 1.82) is 0 Å². The first-order valence-corrected chi connectivity index (χ1v) is 9.05. The van der Waals surface area contributed by atoms with Crippen LogP contribution in [-0.2, 0) is 9.53 Å². The zero-order valence-electron chi connectivity index (χ0n) is 14.9. The van der Waals surface area contributed by atoms with Gasteiger partial charge in [-0.15, -0.1) is 0 Å². The van der Waals surface area contributed by atoms with Gasteiger partial charge in [-0.2, -0.15) is 0 Å². The van der Waals surface area contributed by atoms with Gasteiger partial charge in [0.2, 0.25) is 0 Å². The summed E-state index contributed by atoms with van der Waals surface area (Å²) >= 11 is 11.7. The number of ketones is 1. The van der Waals surface area contributed by atoms with Crippen LogP contribution in [0.4, 0.5) is 0 Å². The number of nitrogens with one attached hydrogen (secondary N) is 1. The van der Waals surface area contributed by atoms with Crippen molar-refractivity contribution < 1.29 is 19.1 Å². The molecule has 0 unspecified atom stereocenters. The maximum absolute atomic E-state index is 12.1. The summed E-state index contributed by atoms with van der Waals surface area (Å²) in [7, 11) is 0. The van der Waals surface area contributed by atoms with Crippen LogP contribution in [0, 0.1) is 0 Å². The lowest BCUT2D eigenvalue weighted by Crippen LogP contribution is -2.31. The molecular weight excluding hydrogens is 389 g/mol. The van der Waals surface area contributed by atoms with Crippen LogP contribution in [0.5, 0.6) is 0 Å². The highest BCUT2D eigenvalue weighted by atomic mass is 35.5. The Hall–Kier alpha value is -2.37. The van der Waals surface area contributed by atoms with Gasteiger partial charge in [0.25, 0.3) is 5.91 Å². The van der Waals surface area contributed by atoms with Crippen LogP contribution in [0.2, 0.25) is 10.0 Å². The Bertz CT molecular complexity index is 848. The Morgan fingerprint density at radius 1 is 1.04 bits per heavy atom. The zero-order chi connectivity index (χ0) is 20.0. The third kappa shape index (κ3) is 6.08. The summed E-state index contributed by atoms with van der Waals surface area (Å²) in [6.07, 6.45) is 0. The molecule has 0 aliphatic heterocycles. The van der Waals surface area contributed by atoms with Crippen LogP contribution < -0.4 is 5.32 Å². The summed E-state index contributed by atoms with van der Waals surface area (Å²) in [5.74, 6) is -1.21. The van der Waals surface area contributed by atoms with Crippen LogP contribution in [0.3, 0.4) is 0 Å². The molecular formula is C20H19Cl2NO4. The van der Waals surface area contributed by atoms with Crippen LogP contribution in [-0.4, -0.2) is 30.8 Å². The maximum Gasteiger partial charge on any atom is 0.325 e. The number of hydrogen-bond acceptors (Lipinski definition) is 4. The second kappa shape index (κ2) is 9.53. The largest absolute Gasteiger partial charge is 0.456 e. The monoisotopic (exact) mass is 407 g/mol. The number of amides is 1. The highest BCUT2D eigenvalue weighted by Gasteiger charge is 2.14. The van der Waals surface area contributed by atoms with E-state index in [1.807, 2.05) is 12.1 Å². The first kappa shape index (κ1) is 20.9. The van der Waals surface area contributed by atoms with Gasteiger partial charge < -0.3 is 10.1 Å². The maximum atomic E-state index is 12.1. The number of Topliss-reactive ketones (excluding diaryl/α,β-unsaturated/α-hetero) is 1. The lowest BCUT2D eigenvalue weighted by Gasteiger charge is -2.08. The average molecular weight is 408 g/mol. The van der Waals surface area contributed by atoms with Crippen LogP contribution in [0.1, 0.15) is 46.0 Å². The molecule has 7 heteroatoms. The molecule has 1 amide bonds. The molecule has 1 N–H and O–H groups in total. The van der Waals surface area contributed by atoms with Crippen molar-refractivity contribution in [2.24, 2.45) is 0 Å². The molecule has 0 saturated heterocycles.